The van der Waals surface area contributed by atoms with Gasteiger partial charge < -0.3 is 19.4 Å². The van der Waals surface area contributed by atoms with Gasteiger partial charge in [0.25, 0.3) is 5.91 Å². The minimum Gasteiger partial charge on any atom is -0.473 e. The number of halogens is 1. The quantitative estimate of drug-likeness (QED) is 0.870. The van der Waals surface area contributed by atoms with Crippen molar-refractivity contribution in [3.05, 3.63) is 47.4 Å². The molecule has 128 valence electrons. The van der Waals surface area contributed by atoms with Crippen LogP contribution in [0.15, 0.2) is 36.8 Å². The molecular weight excluding hydrogens is 330 g/mol. The molecule has 1 saturated heterocycles. The normalized spacial score (nSPS) is 15.2. The molecular formula is C17H20ClN3O3. The fourth-order valence-corrected chi connectivity index (χ4v) is 2.72. The lowest BCUT2D eigenvalue weighted by Crippen LogP contribution is -2.28. The second kappa shape index (κ2) is 8.17. The number of nitrogens with one attached hydrogen (secondary N) is 1. The van der Waals surface area contributed by atoms with Gasteiger partial charge in [0.1, 0.15) is 11.1 Å². The molecule has 3 heterocycles. The van der Waals surface area contributed by atoms with Gasteiger partial charge in [0, 0.05) is 44.5 Å². The Labute approximate surface area is 145 Å². The Balaban J connectivity index is 1.53. The monoisotopic (exact) mass is 349 g/mol. The van der Waals surface area contributed by atoms with Gasteiger partial charge in [0.15, 0.2) is 0 Å². The van der Waals surface area contributed by atoms with Crippen LogP contribution in [0.25, 0.3) is 0 Å². The molecule has 0 aromatic carbocycles. The summed E-state index contributed by atoms with van der Waals surface area (Å²) in [7, 11) is 0. The topological polar surface area (TPSA) is 65.4 Å². The van der Waals surface area contributed by atoms with Crippen LogP contribution in [0, 0.1) is 0 Å². The van der Waals surface area contributed by atoms with E-state index in [9.17, 15) is 4.79 Å². The van der Waals surface area contributed by atoms with Crippen LogP contribution in [0.2, 0.25) is 5.02 Å². The van der Waals surface area contributed by atoms with Crippen LogP contribution >= 0.6 is 11.6 Å². The number of amides is 1. The molecule has 2 aromatic heterocycles. The van der Waals surface area contributed by atoms with Crippen molar-refractivity contribution in [1.29, 1.82) is 0 Å². The molecule has 1 aliphatic rings. The molecule has 24 heavy (non-hydrogen) atoms. The Morgan fingerprint density at radius 2 is 2.12 bits per heavy atom. The highest BCUT2D eigenvalue weighted by Crippen LogP contribution is 2.25. The Morgan fingerprint density at radius 1 is 1.38 bits per heavy atom. The van der Waals surface area contributed by atoms with Gasteiger partial charge in [0.2, 0.25) is 5.88 Å². The SMILES string of the molecule is O=C(NCCn1cccc1)c1cnc(OC2CCOCC2)c(Cl)c1. The average molecular weight is 350 g/mol. The van der Waals surface area contributed by atoms with E-state index in [2.05, 4.69) is 10.3 Å². The van der Waals surface area contributed by atoms with Crippen molar-refractivity contribution in [3.63, 3.8) is 0 Å². The highest BCUT2D eigenvalue weighted by atomic mass is 35.5. The molecule has 7 heteroatoms. The molecule has 0 aliphatic carbocycles. The maximum absolute atomic E-state index is 12.2. The van der Waals surface area contributed by atoms with Crippen LogP contribution < -0.4 is 10.1 Å². The van der Waals surface area contributed by atoms with Crippen LogP contribution in [-0.2, 0) is 11.3 Å². The molecule has 1 amide bonds. The van der Waals surface area contributed by atoms with E-state index in [1.54, 1.807) is 6.07 Å². The smallest absolute Gasteiger partial charge is 0.252 e. The lowest BCUT2D eigenvalue weighted by molar-refractivity contribution is 0.0238. The summed E-state index contributed by atoms with van der Waals surface area (Å²) in [5, 5.41) is 3.20. The van der Waals surface area contributed by atoms with Crippen LogP contribution in [-0.4, -0.2) is 41.3 Å². The zero-order chi connectivity index (χ0) is 16.8. The van der Waals surface area contributed by atoms with Crippen molar-refractivity contribution >= 4 is 17.5 Å². The molecule has 0 atom stereocenters. The summed E-state index contributed by atoms with van der Waals surface area (Å²) in [5.74, 6) is 0.168. The first kappa shape index (κ1) is 16.8. The summed E-state index contributed by atoms with van der Waals surface area (Å²) in [6, 6.07) is 5.49. The van der Waals surface area contributed by atoms with Crippen molar-refractivity contribution in [2.75, 3.05) is 19.8 Å². The number of aromatic nitrogens is 2. The van der Waals surface area contributed by atoms with Crippen molar-refractivity contribution in [2.45, 2.75) is 25.5 Å². The molecule has 0 radical (unpaired) electrons. The summed E-state index contributed by atoms with van der Waals surface area (Å²) in [4.78, 5) is 16.3. The zero-order valence-electron chi connectivity index (χ0n) is 13.3. The van der Waals surface area contributed by atoms with Gasteiger partial charge in [-0.25, -0.2) is 4.98 Å². The fourth-order valence-electron chi connectivity index (χ4n) is 2.51. The number of hydrogen-bond donors (Lipinski definition) is 1. The lowest BCUT2D eigenvalue weighted by atomic mass is 10.1. The predicted octanol–water partition coefficient (Wildman–Crippen LogP) is 2.52. The third-order valence-corrected chi connectivity index (χ3v) is 4.11. The van der Waals surface area contributed by atoms with Gasteiger partial charge >= 0.3 is 0 Å². The van der Waals surface area contributed by atoms with E-state index in [0.29, 0.717) is 42.8 Å². The third-order valence-electron chi connectivity index (χ3n) is 3.84. The van der Waals surface area contributed by atoms with E-state index in [1.165, 1.54) is 6.20 Å². The van der Waals surface area contributed by atoms with E-state index in [1.807, 2.05) is 29.1 Å². The summed E-state index contributed by atoms with van der Waals surface area (Å²) in [6.45, 7) is 2.62. The number of nitrogens with zero attached hydrogens (tertiary/aromatic N) is 2. The number of ether oxygens (including phenoxy) is 2. The molecule has 1 N–H and O–H groups in total. The van der Waals surface area contributed by atoms with E-state index in [0.717, 1.165) is 12.8 Å². The summed E-state index contributed by atoms with van der Waals surface area (Å²) >= 11 is 6.21. The number of carbonyl (C=O) groups excluding carboxylic acids is 1. The summed E-state index contributed by atoms with van der Waals surface area (Å²) in [6.07, 6.45) is 7.09. The first-order valence-corrected chi connectivity index (χ1v) is 8.39. The second-order valence-corrected chi connectivity index (χ2v) is 6.02. The van der Waals surface area contributed by atoms with Crippen molar-refractivity contribution in [2.24, 2.45) is 0 Å². The Hall–Kier alpha value is -2.05. The first-order chi connectivity index (χ1) is 11.7. The minimum atomic E-state index is -0.200. The van der Waals surface area contributed by atoms with Crippen LogP contribution in [0.1, 0.15) is 23.2 Å². The maximum atomic E-state index is 12.2. The van der Waals surface area contributed by atoms with Gasteiger partial charge in [-0.1, -0.05) is 11.6 Å². The van der Waals surface area contributed by atoms with Gasteiger partial charge in [-0.3, -0.25) is 4.79 Å². The van der Waals surface area contributed by atoms with Gasteiger partial charge in [-0.15, -0.1) is 0 Å². The predicted molar refractivity (Wildman–Crippen MR) is 90.5 cm³/mol. The molecule has 0 spiro atoms. The highest BCUT2D eigenvalue weighted by molar-refractivity contribution is 6.32. The fraction of sp³-hybridized carbons (Fsp3) is 0.412. The molecule has 0 unspecified atom stereocenters. The second-order valence-electron chi connectivity index (χ2n) is 5.62. The molecule has 1 aliphatic heterocycles. The van der Waals surface area contributed by atoms with E-state index >= 15 is 0 Å². The molecule has 0 saturated carbocycles. The van der Waals surface area contributed by atoms with Crippen LogP contribution in [0.5, 0.6) is 5.88 Å². The van der Waals surface area contributed by atoms with Crippen molar-refractivity contribution in [3.8, 4) is 5.88 Å². The Kier molecular flexibility index (Phi) is 5.72. The van der Waals surface area contributed by atoms with E-state index in [4.69, 9.17) is 21.1 Å². The Morgan fingerprint density at radius 3 is 2.83 bits per heavy atom. The van der Waals surface area contributed by atoms with Gasteiger partial charge in [-0.05, 0) is 18.2 Å². The van der Waals surface area contributed by atoms with Crippen molar-refractivity contribution in [1.82, 2.24) is 14.9 Å². The first-order valence-electron chi connectivity index (χ1n) is 8.01. The molecule has 6 nitrogen and oxygen atoms in total. The van der Waals surface area contributed by atoms with Gasteiger partial charge in [-0.2, -0.15) is 0 Å². The van der Waals surface area contributed by atoms with E-state index < -0.39 is 0 Å². The van der Waals surface area contributed by atoms with Crippen LogP contribution in [0.4, 0.5) is 0 Å². The molecule has 3 rings (SSSR count). The molecule has 1 fully saturated rings. The maximum Gasteiger partial charge on any atom is 0.252 e. The molecule has 0 bridgehead atoms. The Bertz CT molecular complexity index is 670. The number of pyridine rings is 1. The third kappa shape index (κ3) is 4.49. The van der Waals surface area contributed by atoms with Crippen LogP contribution in [0.3, 0.4) is 0 Å². The van der Waals surface area contributed by atoms with Gasteiger partial charge in [0.05, 0.1) is 18.8 Å². The average Bonchev–Trinajstić information content (AvgIpc) is 3.11. The summed E-state index contributed by atoms with van der Waals surface area (Å²) < 4.78 is 13.1. The number of carbonyl (C=O) groups is 1. The van der Waals surface area contributed by atoms with Crippen molar-refractivity contribution < 1.29 is 14.3 Å². The summed E-state index contributed by atoms with van der Waals surface area (Å²) in [5.41, 5.74) is 0.423. The number of hydrogen-bond acceptors (Lipinski definition) is 4. The van der Waals surface area contributed by atoms with E-state index in [-0.39, 0.29) is 12.0 Å². The largest absolute Gasteiger partial charge is 0.473 e. The zero-order valence-corrected chi connectivity index (χ0v) is 14.0. The lowest BCUT2D eigenvalue weighted by Gasteiger charge is -2.23. The standard InChI is InChI=1S/C17H20ClN3O3/c18-15-11-13(16(22)19-5-8-21-6-1-2-7-21)12-20-17(15)24-14-3-9-23-10-4-14/h1-2,6-7,11-12,14H,3-5,8-10H2,(H,19,22). The minimum absolute atomic E-state index is 0.0602. The highest BCUT2D eigenvalue weighted by Gasteiger charge is 2.18. The molecule has 2 aromatic rings. The number of rotatable bonds is 6.